The van der Waals surface area contributed by atoms with Gasteiger partial charge in [0, 0.05) is 11.7 Å². The summed E-state index contributed by atoms with van der Waals surface area (Å²) in [6.07, 6.45) is 2.17. The molecule has 0 aliphatic carbocycles. The third kappa shape index (κ3) is 2.97. The Hall–Kier alpha value is -1.06. The maximum absolute atomic E-state index is 5.65. The molecule has 0 unspecified atom stereocenters. The van der Waals surface area contributed by atoms with Crippen molar-refractivity contribution in [1.82, 2.24) is 5.32 Å². The molecule has 3 heteroatoms. The Morgan fingerprint density at radius 1 is 1.38 bits per heavy atom. The van der Waals surface area contributed by atoms with E-state index in [-0.39, 0.29) is 5.72 Å². The van der Waals surface area contributed by atoms with Crippen LogP contribution < -0.4 is 11.1 Å². The van der Waals surface area contributed by atoms with Crippen LogP contribution in [0, 0.1) is 0 Å². The number of hydrogen-bond acceptors (Lipinski definition) is 3. The van der Waals surface area contributed by atoms with Crippen LogP contribution >= 0.6 is 0 Å². The van der Waals surface area contributed by atoms with Gasteiger partial charge >= 0.3 is 0 Å². The second kappa shape index (κ2) is 4.44. The standard InChI is InChI=1S/C13H20N2O/c1-13(2)15-12(9-16-13)8-5-10-3-6-11(14)7-4-10/h3-4,6-7,12,15H,5,8-9,14H2,1-2H3/t12-/m0/s1. The molecule has 16 heavy (non-hydrogen) atoms. The van der Waals surface area contributed by atoms with Crippen LogP contribution in [0.2, 0.25) is 0 Å². The van der Waals surface area contributed by atoms with Crippen molar-refractivity contribution in [2.45, 2.75) is 38.5 Å². The minimum Gasteiger partial charge on any atom is -0.399 e. The number of anilines is 1. The van der Waals surface area contributed by atoms with Crippen LogP contribution in [0.1, 0.15) is 25.8 Å². The molecule has 1 aliphatic heterocycles. The first-order chi connectivity index (χ1) is 7.55. The van der Waals surface area contributed by atoms with Crippen molar-refractivity contribution in [2.24, 2.45) is 0 Å². The van der Waals surface area contributed by atoms with E-state index in [1.54, 1.807) is 0 Å². The second-order valence-electron chi connectivity index (χ2n) is 4.94. The molecule has 2 rings (SSSR count). The molecule has 1 heterocycles. The zero-order valence-corrected chi connectivity index (χ0v) is 9.99. The molecule has 1 saturated heterocycles. The van der Waals surface area contributed by atoms with Gasteiger partial charge in [-0.15, -0.1) is 0 Å². The summed E-state index contributed by atoms with van der Waals surface area (Å²) in [7, 11) is 0. The molecule has 0 saturated carbocycles. The lowest BCUT2D eigenvalue weighted by Gasteiger charge is -2.18. The minimum atomic E-state index is -0.161. The quantitative estimate of drug-likeness (QED) is 0.765. The molecular formula is C13H20N2O. The molecule has 0 bridgehead atoms. The van der Waals surface area contributed by atoms with Gasteiger partial charge in [-0.25, -0.2) is 0 Å². The van der Waals surface area contributed by atoms with E-state index in [0.717, 1.165) is 25.1 Å². The summed E-state index contributed by atoms with van der Waals surface area (Å²) in [5.41, 5.74) is 7.65. The highest BCUT2D eigenvalue weighted by atomic mass is 16.5. The maximum atomic E-state index is 5.65. The van der Waals surface area contributed by atoms with Gasteiger partial charge in [0.25, 0.3) is 0 Å². The molecule has 0 amide bonds. The number of rotatable bonds is 3. The lowest BCUT2D eigenvalue weighted by molar-refractivity contribution is 0.0231. The first-order valence-electron chi connectivity index (χ1n) is 5.81. The molecule has 88 valence electrons. The fraction of sp³-hybridized carbons (Fsp3) is 0.538. The normalized spacial score (nSPS) is 23.5. The Bertz CT molecular complexity index is 345. The number of benzene rings is 1. The van der Waals surface area contributed by atoms with Crippen molar-refractivity contribution in [3.05, 3.63) is 29.8 Å². The Morgan fingerprint density at radius 2 is 2.06 bits per heavy atom. The minimum absolute atomic E-state index is 0.161. The highest BCUT2D eigenvalue weighted by Crippen LogP contribution is 2.18. The summed E-state index contributed by atoms with van der Waals surface area (Å²) in [6.45, 7) is 4.94. The zero-order valence-electron chi connectivity index (χ0n) is 9.99. The zero-order chi connectivity index (χ0) is 11.6. The molecule has 0 aromatic heterocycles. The van der Waals surface area contributed by atoms with Crippen LogP contribution in [0.5, 0.6) is 0 Å². The number of ether oxygens (including phenoxy) is 1. The van der Waals surface area contributed by atoms with Gasteiger partial charge in [-0.05, 0) is 44.4 Å². The van der Waals surface area contributed by atoms with Crippen LogP contribution in [-0.4, -0.2) is 18.4 Å². The molecule has 1 aromatic carbocycles. The van der Waals surface area contributed by atoms with E-state index in [4.69, 9.17) is 10.5 Å². The van der Waals surface area contributed by atoms with Gasteiger partial charge in [0.05, 0.1) is 6.61 Å². The topological polar surface area (TPSA) is 47.3 Å². The van der Waals surface area contributed by atoms with Crippen molar-refractivity contribution < 1.29 is 4.74 Å². The van der Waals surface area contributed by atoms with Crippen LogP contribution in [0.25, 0.3) is 0 Å². The van der Waals surface area contributed by atoms with Gasteiger partial charge in [-0.1, -0.05) is 12.1 Å². The van der Waals surface area contributed by atoms with Crippen molar-refractivity contribution in [3.63, 3.8) is 0 Å². The Kier molecular flexibility index (Phi) is 3.17. The van der Waals surface area contributed by atoms with Crippen molar-refractivity contribution in [3.8, 4) is 0 Å². The predicted octanol–water partition coefficient (Wildman–Crippen LogP) is 1.93. The summed E-state index contributed by atoms with van der Waals surface area (Å²) in [4.78, 5) is 0. The highest BCUT2D eigenvalue weighted by Gasteiger charge is 2.30. The smallest absolute Gasteiger partial charge is 0.113 e. The van der Waals surface area contributed by atoms with Gasteiger partial charge in [-0.3, -0.25) is 5.32 Å². The number of hydrogen-bond donors (Lipinski definition) is 2. The third-order valence-corrected chi connectivity index (χ3v) is 2.96. The third-order valence-electron chi connectivity index (χ3n) is 2.96. The molecule has 1 aromatic rings. The van der Waals surface area contributed by atoms with Crippen LogP contribution in [-0.2, 0) is 11.2 Å². The molecule has 1 fully saturated rings. The largest absolute Gasteiger partial charge is 0.399 e. The SMILES string of the molecule is CC1(C)N[C@@H](CCc2ccc(N)cc2)CO1. The van der Waals surface area contributed by atoms with E-state index in [2.05, 4.69) is 31.3 Å². The van der Waals surface area contributed by atoms with Crippen LogP contribution in [0.4, 0.5) is 5.69 Å². The van der Waals surface area contributed by atoms with Crippen molar-refractivity contribution in [2.75, 3.05) is 12.3 Å². The fourth-order valence-corrected chi connectivity index (χ4v) is 2.06. The summed E-state index contributed by atoms with van der Waals surface area (Å²) in [5.74, 6) is 0. The van der Waals surface area contributed by atoms with Gasteiger partial charge in [0.15, 0.2) is 0 Å². The lowest BCUT2D eigenvalue weighted by Crippen LogP contribution is -2.38. The van der Waals surface area contributed by atoms with Crippen LogP contribution in [0.3, 0.4) is 0 Å². The Labute approximate surface area is 97.0 Å². The molecule has 1 aliphatic rings. The average Bonchev–Trinajstić information content (AvgIpc) is 2.58. The molecule has 3 N–H and O–H groups in total. The first-order valence-corrected chi connectivity index (χ1v) is 5.81. The second-order valence-corrected chi connectivity index (χ2v) is 4.94. The van der Waals surface area contributed by atoms with Gasteiger partial charge < -0.3 is 10.5 Å². The molecule has 0 spiro atoms. The fourth-order valence-electron chi connectivity index (χ4n) is 2.06. The maximum Gasteiger partial charge on any atom is 0.113 e. The number of nitrogen functional groups attached to an aromatic ring is 1. The van der Waals surface area contributed by atoms with E-state index in [9.17, 15) is 0 Å². The van der Waals surface area contributed by atoms with Crippen LogP contribution in [0.15, 0.2) is 24.3 Å². The summed E-state index contributed by atoms with van der Waals surface area (Å²) < 4.78 is 5.63. The number of nitrogens with one attached hydrogen (secondary N) is 1. The van der Waals surface area contributed by atoms with E-state index in [1.165, 1.54) is 5.56 Å². The van der Waals surface area contributed by atoms with E-state index >= 15 is 0 Å². The number of nitrogens with two attached hydrogens (primary N) is 1. The summed E-state index contributed by atoms with van der Waals surface area (Å²) in [6, 6.07) is 8.56. The van der Waals surface area contributed by atoms with Gasteiger partial charge in [0.1, 0.15) is 5.72 Å². The monoisotopic (exact) mass is 220 g/mol. The van der Waals surface area contributed by atoms with E-state index in [1.807, 2.05) is 12.1 Å². The van der Waals surface area contributed by atoms with E-state index in [0.29, 0.717) is 6.04 Å². The summed E-state index contributed by atoms with van der Waals surface area (Å²) in [5, 5.41) is 3.46. The molecule has 1 atom stereocenters. The highest BCUT2D eigenvalue weighted by molar-refractivity contribution is 5.39. The van der Waals surface area contributed by atoms with Crippen molar-refractivity contribution in [1.29, 1.82) is 0 Å². The lowest BCUT2D eigenvalue weighted by atomic mass is 10.1. The Morgan fingerprint density at radius 3 is 2.62 bits per heavy atom. The van der Waals surface area contributed by atoms with Gasteiger partial charge in [-0.2, -0.15) is 0 Å². The number of aryl methyl sites for hydroxylation is 1. The Balaban J connectivity index is 1.82. The molecule has 3 nitrogen and oxygen atoms in total. The first kappa shape index (κ1) is 11.4. The predicted molar refractivity (Wildman–Crippen MR) is 66.1 cm³/mol. The van der Waals surface area contributed by atoms with Crippen molar-refractivity contribution >= 4 is 5.69 Å². The average molecular weight is 220 g/mol. The summed E-state index contributed by atoms with van der Waals surface area (Å²) >= 11 is 0. The van der Waals surface area contributed by atoms with Gasteiger partial charge in [0.2, 0.25) is 0 Å². The molecule has 0 radical (unpaired) electrons. The van der Waals surface area contributed by atoms with E-state index < -0.39 is 0 Å². The molecular weight excluding hydrogens is 200 g/mol.